The molecule has 3 nitrogen and oxygen atoms in total. The van der Waals surface area contributed by atoms with E-state index in [0.29, 0.717) is 32.4 Å². The monoisotopic (exact) mass is 281 g/mol. The summed E-state index contributed by atoms with van der Waals surface area (Å²) in [5, 5.41) is 0. The van der Waals surface area contributed by atoms with E-state index in [4.69, 9.17) is 15.2 Å². The van der Waals surface area contributed by atoms with Crippen molar-refractivity contribution in [3.8, 4) is 5.75 Å². The normalized spacial score (nSPS) is 20.9. The van der Waals surface area contributed by atoms with Gasteiger partial charge in [0.05, 0.1) is 13.2 Å². The second-order valence-electron chi connectivity index (χ2n) is 5.55. The average molecular weight is 281 g/mol. The van der Waals surface area contributed by atoms with Crippen molar-refractivity contribution in [2.24, 2.45) is 5.73 Å². The van der Waals surface area contributed by atoms with Crippen molar-refractivity contribution in [1.82, 2.24) is 0 Å². The van der Waals surface area contributed by atoms with Gasteiger partial charge in [-0.15, -0.1) is 0 Å². The van der Waals surface area contributed by atoms with E-state index in [2.05, 4.69) is 0 Å². The first kappa shape index (κ1) is 15.3. The Balaban J connectivity index is 2.11. The fourth-order valence-electron chi connectivity index (χ4n) is 2.98. The van der Waals surface area contributed by atoms with Crippen LogP contribution in [0.5, 0.6) is 5.75 Å². The van der Waals surface area contributed by atoms with Gasteiger partial charge < -0.3 is 15.2 Å². The second kappa shape index (κ2) is 7.04. The summed E-state index contributed by atoms with van der Waals surface area (Å²) in [6.07, 6.45) is 2.47. The van der Waals surface area contributed by atoms with Crippen LogP contribution in [0.2, 0.25) is 0 Å². The number of methoxy groups -OCH3 is 1. The third-order valence-corrected chi connectivity index (χ3v) is 3.93. The minimum atomic E-state index is -1.30. The van der Waals surface area contributed by atoms with Gasteiger partial charge in [-0.25, -0.2) is 4.39 Å². The molecular weight excluding hydrogens is 257 g/mol. The highest BCUT2D eigenvalue weighted by Crippen LogP contribution is 2.40. The predicted octanol–water partition coefficient (Wildman–Crippen LogP) is 3.04. The Bertz CT molecular complexity index is 427. The summed E-state index contributed by atoms with van der Waals surface area (Å²) in [6, 6.07) is 7.93. The van der Waals surface area contributed by atoms with E-state index in [-0.39, 0.29) is 12.5 Å². The number of ether oxygens (including phenoxy) is 2. The van der Waals surface area contributed by atoms with E-state index in [1.807, 2.05) is 24.3 Å². The third-order valence-electron chi connectivity index (χ3n) is 3.93. The lowest BCUT2D eigenvalue weighted by molar-refractivity contribution is 0.0184. The van der Waals surface area contributed by atoms with Gasteiger partial charge in [0.1, 0.15) is 11.4 Å². The van der Waals surface area contributed by atoms with Gasteiger partial charge in [0.25, 0.3) is 0 Å². The van der Waals surface area contributed by atoms with Crippen molar-refractivity contribution < 1.29 is 13.9 Å². The Labute approximate surface area is 120 Å². The topological polar surface area (TPSA) is 44.5 Å². The molecule has 1 aromatic rings. The number of para-hydroxylation sites is 1. The van der Waals surface area contributed by atoms with Crippen molar-refractivity contribution in [2.45, 2.75) is 37.3 Å². The molecule has 20 heavy (non-hydrogen) atoms. The van der Waals surface area contributed by atoms with Gasteiger partial charge >= 0.3 is 0 Å². The largest absolute Gasteiger partial charge is 0.493 e. The van der Waals surface area contributed by atoms with E-state index >= 15 is 4.39 Å². The molecule has 0 aliphatic carbocycles. The zero-order valence-corrected chi connectivity index (χ0v) is 12.1. The Hall–Kier alpha value is -1.13. The molecule has 0 spiro atoms. The summed E-state index contributed by atoms with van der Waals surface area (Å²) in [7, 11) is 1.55. The van der Waals surface area contributed by atoms with E-state index in [0.717, 1.165) is 17.7 Å². The lowest BCUT2D eigenvalue weighted by Gasteiger charge is -2.32. The fourth-order valence-corrected chi connectivity index (χ4v) is 2.98. The van der Waals surface area contributed by atoms with Crippen LogP contribution in [0, 0.1) is 0 Å². The van der Waals surface area contributed by atoms with Crippen molar-refractivity contribution in [1.29, 1.82) is 0 Å². The van der Waals surface area contributed by atoms with Gasteiger partial charge in [-0.05, 0) is 49.8 Å². The Morgan fingerprint density at radius 2 is 2.25 bits per heavy atom. The molecule has 0 bridgehead atoms. The van der Waals surface area contributed by atoms with Crippen LogP contribution in [0.15, 0.2) is 24.3 Å². The highest BCUT2D eigenvalue weighted by atomic mass is 19.1. The van der Waals surface area contributed by atoms with Crippen LogP contribution in [0.4, 0.5) is 4.39 Å². The molecule has 0 radical (unpaired) electrons. The van der Waals surface area contributed by atoms with Crippen LogP contribution in [0.25, 0.3) is 0 Å². The van der Waals surface area contributed by atoms with Crippen molar-refractivity contribution in [3.05, 3.63) is 29.8 Å². The van der Waals surface area contributed by atoms with Gasteiger partial charge in [-0.2, -0.15) is 0 Å². The van der Waals surface area contributed by atoms with Crippen molar-refractivity contribution in [3.63, 3.8) is 0 Å². The van der Waals surface area contributed by atoms with Gasteiger partial charge in [0.2, 0.25) is 0 Å². The summed E-state index contributed by atoms with van der Waals surface area (Å²) in [5.74, 6) is 1.08. The molecule has 1 heterocycles. The molecule has 0 saturated carbocycles. The van der Waals surface area contributed by atoms with Gasteiger partial charge in [-0.3, -0.25) is 0 Å². The van der Waals surface area contributed by atoms with Gasteiger partial charge in [0.15, 0.2) is 0 Å². The maximum absolute atomic E-state index is 15.0. The minimum Gasteiger partial charge on any atom is -0.493 e. The van der Waals surface area contributed by atoms with Gasteiger partial charge in [-0.1, -0.05) is 18.2 Å². The molecule has 2 unspecified atom stereocenters. The van der Waals surface area contributed by atoms with Crippen LogP contribution in [-0.2, 0) is 4.74 Å². The molecule has 2 rings (SSSR count). The quantitative estimate of drug-likeness (QED) is 0.835. The summed E-state index contributed by atoms with van der Waals surface area (Å²) >= 11 is 0. The first-order valence-corrected chi connectivity index (χ1v) is 7.28. The predicted molar refractivity (Wildman–Crippen MR) is 77.9 cm³/mol. The zero-order chi connectivity index (χ0) is 14.4. The van der Waals surface area contributed by atoms with E-state index in [1.165, 1.54) is 0 Å². The Kier molecular flexibility index (Phi) is 5.38. The molecule has 0 saturated heterocycles. The van der Waals surface area contributed by atoms with Crippen LogP contribution >= 0.6 is 0 Å². The number of hydrogen-bond donors (Lipinski definition) is 1. The second-order valence-corrected chi connectivity index (χ2v) is 5.55. The van der Waals surface area contributed by atoms with Gasteiger partial charge in [0, 0.05) is 7.11 Å². The van der Waals surface area contributed by atoms with E-state index in [9.17, 15) is 0 Å². The molecule has 0 amide bonds. The first-order chi connectivity index (χ1) is 9.68. The van der Waals surface area contributed by atoms with Crippen molar-refractivity contribution >= 4 is 0 Å². The number of nitrogens with two attached hydrogens (primary N) is 1. The molecule has 0 aromatic heterocycles. The number of halogens is 1. The van der Waals surface area contributed by atoms with Crippen LogP contribution in [0.3, 0.4) is 0 Å². The highest BCUT2D eigenvalue weighted by molar-refractivity contribution is 5.38. The Morgan fingerprint density at radius 3 is 3.00 bits per heavy atom. The van der Waals surface area contributed by atoms with Crippen LogP contribution in [0.1, 0.15) is 37.2 Å². The summed E-state index contributed by atoms with van der Waals surface area (Å²) in [4.78, 5) is 0. The van der Waals surface area contributed by atoms with Crippen molar-refractivity contribution in [2.75, 3.05) is 26.9 Å². The molecule has 1 aromatic carbocycles. The summed E-state index contributed by atoms with van der Waals surface area (Å²) in [6.45, 7) is 1.30. The number of rotatable bonds is 7. The zero-order valence-electron chi connectivity index (χ0n) is 12.1. The summed E-state index contributed by atoms with van der Waals surface area (Å²) in [5.41, 5.74) is 5.33. The SMILES string of the molecule is COCC(F)(CCCN)CC1CCOc2ccccc21. The van der Waals surface area contributed by atoms with Crippen LogP contribution in [-0.4, -0.2) is 32.5 Å². The van der Waals surface area contributed by atoms with Crippen LogP contribution < -0.4 is 10.5 Å². The number of hydrogen-bond acceptors (Lipinski definition) is 3. The minimum absolute atomic E-state index is 0.131. The fraction of sp³-hybridized carbons (Fsp3) is 0.625. The lowest BCUT2D eigenvalue weighted by atomic mass is 9.82. The maximum atomic E-state index is 15.0. The molecule has 1 aliphatic rings. The molecule has 2 atom stereocenters. The van der Waals surface area contributed by atoms with E-state index in [1.54, 1.807) is 7.11 Å². The van der Waals surface area contributed by atoms with E-state index < -0.39 is 5.67 Å². The number of alkyl halides is 1. The summed E-state index contributed by atoms with van der Waals surface area (Å²) < 4.78 is 25.8. The number of benzene rings is 1. The highest BCUT2D eigenvalue weighted by Gasteiger charge is 2.35. The smallest absolute Gasteiger partial charge is 0.134 e. The standard InChI is InChI=1S/C16H24FNO2/c1-19-12-16(17,8-4-9-18)11-13-7-10-20-15-6-3-2-5-14(13)15/h2-3,5-6,13H,4,7-12,18H2,1H3. The lowest BCUT2D eigenvalue weighted by Crippen LogP contribution is -2.33. The molecular formula is C16H24FNO2. The molecule has 4 heteroatoms. The molecule has 0 fully saturated rings. The number of fused-ring (bicyclic) bond motifs is 1. The molecule has 2 N–H and O–H groups in total. The maximum Gasteiger partial charge on any atom is 0.134 e. The molecule has 1 aliphatic heterocycles. The Morgan fingerprint density at radius 1 is 1.45 bits per heavy atom. The average Bonchev–Trinajstić information content (AvgIpc) is 2.46. The first-order valence-electron chi connectivity index (χ1n) is 7.28. The molecule has 112 valence electrons. The third kappa shape index (κ3) is 3.70.